The van der Waals surface area contributed by atoms with E-state index in [4.69, 9.17) is 16.4 Å². The molecule has 0 saturated heterocycles. The summed E-state index contributed by atoms with van der Waals surface area (Å²) in [6.45, 7) is 0. The minimum Gasteiger partial charge on any atom is -0.374 e. The maximum atomic E-state index is 8.66. The molecule has 0 aromatic carbocycles. The summed E-state index contributed by atoms with van der Waals surface area (Å²) in [5.41, 5.74) is 10.3. The highest BCUT2D eigenvalue weighted by atomic mass is 16.3. The molecule has 0 heterocycles. The van der Waals surface area contributed by atoms with Crippen LogP contribution >= 0.6 is 0 Å². The average molecular weight is 101 g/mol. The summed E-state index contributed by atoms with van der Waals surface area (Å²) in [7, 11) is 0. The Hall–Kier alpha value is -0.480. The molecule has 0 amide bonds. The van der Waals surface area contributed by atoms with Crippen LogP contribution in [0.1, 0.15) is 6.42 Å². The van der Waals surface area contributed by atoms with E-state index in [9.17, 15) is 0 Å². The third-order valence-electron chi connectivity index (χ3n) is 1.09. The van der Waals surface area contributed by atoms with Crippen molar-refractivity contribution in [3.8, 4) is 0 Å². The summed E-state index contributed by atoms with van der Waals surface area (Å²) in [6.07, 6.45) is 0.441. The minimum absolute atomic E-state index is 0.326. The number of nitrogens with one attached hydrogen (secondary N) is 1. The Bertz CT molecular complexity index is 100. The lowest BCUT2D eigenvalue weighted by molar-refractivity contribution is 0.150. The number of rotatable bonds is 1. The standard InChI is InChI=1S/C3H7N3O/c4-3(7)1-2(3)6-5/h2,5,7H,1,4H2. The van der Waals surface area contributed by atoms with E-state index in [-0.39, 0.29) is 6.04 Å². The third kappa shape index (κ3) is 0.618. The highest BCUT2D eigenvalue weighted by molar-refractivity contribution is 5.03. The molecule has 0 bridgehead atoms. The molecular formula is C3H7N3O. The summed E-state index contributed by atoms with van der Waals surface area (Å²) in [4.78, 5) is 0. The van der Waals surface area contributed by atoms with Crippen molar-refractivity contribution < 1.29 is 5.11 Å². The molecule has 40 valence electrons. The van der Waals surface area contributed by atoms with Gasteiger partial charge in [0.2, 0.25) is 0 Å². The minimum atomic E-state index is -1.14. The Morgan fingerprint density at radius 1 is 2.00 bits per heavy atom. The first kappa shape index (κ1) is 4.67. The normalized spacial score (nSPS) is 48.6. The first-order valence-corrected chi connectivity index (χ1v) is 2.04. The summed E-state index contributed by atoms with van der Waals surface area (Å²) in [5.74, 6) is 0. The number of hydrogen-bond acceptors (Lipinski definition) is 4. The fourth-order valence-electron chi connectivity index (χ4n) is 0.408. The number of aliphatic hydroxyl groups is 1. The predicted octanol–water partition coefficient (Wildman–Crippen LogP) is -0.563. The SMILES string of the molecule is N=NC1CC1(N)O. The van der Waals surface area contributed by atoms with Gasteiger partial charge < -0.3 is 10.8 Å². The molecule has 1 aliphatic rings. The highest BCUT2D eigenvalue weighted by Gasteiger charge is 2.50. The van der Waals surface area contributed by atoms with Crippen LogP contribution in [0.5, 0.6) is 0 Å². The monoisotopic (exact) mass is 101 g/mol. The third-order valence-corrected chi connectivity index (χ3v) is 1.09. The first-order valence-electron chi connectivity index (χ1n) is 2.04. The molecule has 1 saturated carbocycles. The Morgan fingerprint density at radius 3 is 2.43 bits per heavy atom. The van der Waals surface area contributed by atoms with Gasteiger partial charge in [-0.3, -0.25) is 0 Å². The molecule has 7 heavy (non-hydrogen) atoms. The lowest BCUT2D eigenvalue weighted by Gasteiger charge is -1.92. The number of hydrogen-bond donors (Lipinski definition) is 3. The van der Waals surface area contributed by atoms with Crippen molar-refractivity contribution in [3.63, 3.8) is 0 Å². The van der Waals surface area contributed by atoms with Crippen molar-refractivity contribution >= 4 is 0 Å². The van der Waals surface area contributed by atoms with E-state index in [1.54, 1.807) is 0 Å². The van der Waals surface area contributed by atoms with Gasteiger partial charge >= 0.3 is 0 Å². The molecule has 1 fully saturated rings. The van der Waals surface area contributed by atoms with Gasteiger partial charge in [0.15, 0.2) is 0 Å². The summed E-state index contributed by atoms with van der Waals surface area (Å²) in [5, 5.41) is 11.7. The van der Waals surface area contributed by atoms with Crippen molar-refractivity contribution in [1.82, 2.24) is 0 Å². The van der Waals surface area contributed by atoms with E-state index in [2.05, 4.69) is 5.11 Å². The van der Waals surface area contributed by atoms with E-state index in [1.807, 2.05) is 0 Å². The molecule has 0 radical (unpaired) electrons. The summed E-state index contributed by atoms with van der Waals surface area (Å²) in [6, 6.07) is -0.326. The van der Waals surface area contributed by atoms with Crippen LogP contribution in [0.25, 0.3) is 0 Å². The summed E-state index contributed by atoms with van der Waals surface area (Å²) < 4.78 is 0. The zero-order chi connectivity index (χ0) is 5.49. The first-order chi connectivity index (χ1) is 3.17. The van der Waals surface area contributed by atoms with Crippen LogP contribution in [0.15, 0.2) is 5.11 Å². The van der Waals surface area contributed by atoms with Crippen molar-refractivity contribution in [2.75, 3.05) is 0 Å². The second kappa shape index (κ2) is 1.02. The quantitative estimate of drug-likeness (QED) is 0.305. The predicted molar refractivity (Wildman–Crippen MR) is 22.7 cm³/mol. The molecular weight excluding hydrogens is 94.1 g/mol. The second-order valence-corrected chi connectivity index (χ2v) is 1.84. The van der Waals surface area contributed by atoms with Crippen LogP contribution in [0.4, 0.5) is 0 Å². The fourth-order valence-corrected chi connectivity index (χ4v) is 0.408. The van der Waals surface area contributed by atoms with Gasteiger partial charge in [0.25, 0.3) is 0 Å². The number of nitrogens with two attached hydrogens (primary N) is 1. The van der Waals surface area contributed by atoms with Gasteiger partial charge in [0, 0.05) is 6.42 Å². The van der Waals surface area contributed by atoms with E-state index >= 15 is 0 Å². The maximum absolute atomic E-state index is 8.66. The van der Waals surface area contributed by atoms with E-state index in [0.717, 1.165) is 0 Å². The van der Waals surface area contributed by atoms with Gasteiger partial charge in [0.05, 0.1) is 0 Å². The van der Waals surface area contributed by atoms with Gasteiger partial charge in [-0.15, -0.1) is 0 Å². The molecule has 1 aliphatic carbocycles. The summed E-state index contributed by atoms with van der Waals surface area (Å²) >= 11 is 0. The van der Waals surface area contributed by atoms with E-state index in [1.165, 1.54) is 0 Å². The van der Waals surface area contributed by atoms with Gasteiger partial charge in [-0.05, 0) is 0 Å². The lowest BCUT2D eigenvalue weighted by atomic mass is 10.6. The highest BCUT2D eigenvalue weighted by Crippen LogP contribution is 2.32. The van der Waals surface area contributed by atoms with Crippen molar-refractivity contribution in [1.29, 1.82) is 5.53 Å². The van der Waals surface area contributed by atoms with Crippen LogP contribution in [-0.4, -0.2) is 16.9 Å². The van der Waals surface area contributed by atoms with Crippen molar-refractivity contribution in [3.05, 3.63) is 0 Å². The van der Waals surface area contributed by atoms with Crippen LogP contribution < -0.4 is 5.73 Å². The Morgan fingerprint density at radius 2 is 2.43 bits per heavy atom. The molecule has 4 heteroatoms. The fraction of sp³-hybridized carbons (Fsp3) is 1.00. The Kier molecular flexibility index (Phi) is 0.680. The van der Waals surface area contributed by atoms with Gasteiger partial charge in [0.1, 0.15) is 11.8 Å². The molecule has 0 aliphatic heterocycles. The van der Waals surface area contributed by atoms with Gasteiger partial charge in [-0.1, -0.05) is 0 Å². The molecule has 0 aromatic rings. The Labute approximate surface area is 40.8 Å². The smallest absolute Gasteiger partial charge is 0.140 e. The zero-order valence-electron chi connectivity index (χ0n) is 3.76. The number of nitrogens with zero attached hydrogens (tertiary/aromatic N) is 1. The maximum Gasteiger partial charge on any atom is 0.140 e. The van der Waals surface area contributed by atoms with Crippen LogP contribution in [0, 0.1) is 5.53 Å². The lowest BCUT2D eigenvalue weighted by Crippen LogP contribution is -2.24. The molecule has 2 unspecified atom stereocenters. The van der Waals surface area contributed by atoms with Crippen LogP contribution in [0.2, 0.25) is 0 Å². The zero-order valence-corrected chi connectivity index (χ0v) is 3.76. The molecule has 4 nitrogen and oxygen atoms in total. The molecule has 0 spiro atoms. The van der Waals surface area contributed by atoms with Crippen LogP contribution in [0.3, 0.4) is 0 Å². The topological polar surface area (TPSA) is 82.5 Å². The second-order valence-electron chi connectivity index (χ2n) is 1.84. The van der Waals surface area contributed by atoms with Crippen molar-refractivity contribution in [2.45, 2.75) is 18.2 Å². The van der Waals surface area contributed by atoms with Crippen LogP contribution in [-0.2, 0) is 0 Å². The van der Waals surface area contributed by atoms with E-state index in [0.29, 0.717) is 6.42 Å². The van der Waals surface area contributed by atoms with Gasteiger partial charge in [-0.25, -0.2) is 5.53 Å². The largest absolute Gasteiger partial charge is 0.374 e. The van der Waals surface area contributed by atoms with Gasteiger partial charge in [-0.2, -0.15) is 5.11 Å². The van der Waals surface area contributed by atoms with E-state index < -0.39 is 5.72 Å². The molecule has 0 aromatic heterocycles. The molecule has 1 rings (SSSR count). The molecule has 4 N–H and O–H groups in total. The molecule has 2 atom stereocenters. The average Bonchev–Trinajstić information content (AvgIpc) is 2.13. The van der Waals surface area contributed by atoms with Crippen molar-refractivity contribution in [2.24, 2.45) is 10.8 Å². The Balaban J connectivity index is 2.44.